The number of anilines is 1. The summed E-state index contributed by atoms with van der Waals surface area (Å²) in [5.74, 6) is 7.93. The summed E-state index contributed by atoms with van der Waals surface area (Å²) in [5.41, 5.74) is 2.31. The highest BCUT2D eigenvalue weighted by molar-refractivity contribution is 5.50. The van der Waals surface area contributed by atoms with Crippen molar-refractivity contribution < 1.29 is 5.11 Å². The Balaban J connectivity index is 1.46. The Morgan fingerprint density at radius 2 is 1.82 bits per heavy atom. The first kappa shape index (κ1) is 17.7. The van der Waals surface area contributed by atoms with Crippen molar-refractivity contribution in [2.75, 3.05) is 37.6 Å². The minimum absolute atomic E-state index is 0.302. The maximum Gasteiger partial charge on any atom is 0.141 e. The fraction of sp³-hybridized carbons (Fsp3) is 0.458. The molecule has 4 nitrogen and oxygen atoms in total. The third kappa shape index (κ3) is 3.41. The lowest BCUT2D eigenvalue weighted by Gasteiger charge is -2.47. The molecule has 5 heterocycles. The van der Waals surface area contributed by atoms with Crippen molar-refractivity contribution in [2.45, 2.75) is 31.3 Å². The first-order chi connectivity index (χ1) is 13.7. The van der Waals surface area contributed by atoms with E-state index < -0.39 is 5.60 Å². The predicted octanol–water partition coefficient (Wildman–Crippen LogP) is 2.69. The molecule has 4 saturated heterocycles. The molecule has 4 aliphatic heterocycles. The van der Waals surface area contributed by atoms with E-state index in [4.69, 9.17) is 4.98 Å². The zero-order chi connectivity index (χ0) is 19.0. The highest BCUT2D eigenvalue weighted by Gasteiger charge is 2.44. The van der Waals surface area contributed by atoms with Gasteiger partial charge in [0, 0.05) is 37.5 Å². The molecule has 4 aliphatic rings. The fourth-order valence-electron chi connectivity index (χ4n) is 4.60. The molecule has 0 spiro atoms. The molecule has 1 unspecified atom stereocenters. The molecule has 0 saturated carbocycles. The van der Waals surface area contributed by atoms with Crippen LogP contribution in [0.4, 0.5) is 5.82 Å². The van der Waals surface area contributed by atoms with E-state index >= 15 is 0 Å². The van der Waals surface area contributed by atoms with E-state index in [1.165, 1.54) is 12.0 Å². The highest BCUT2D eigenvalue weighted by Crippen LogP contribution is 2.35. The van der Waals surface area contributed by atoms with E-state index in [9.17, 15) is 5.11 Å². The Hall–Kier alpha value is -2.35. The van der Waals surface area contributed by atoms with Gasteiger partial charge in [-0.25, -0.2) is 4.98 Å². The van der Waals surface area contributed by atoms with Gasteiger partial charge in [-0.1, -0.05) is 42.2 Å². The second kappa shape index (κ2) is 7.24. The van der Waals surface area contributed by atoms with Crippen molar-refractivity contribution in [3.8, 4) is 11.8 Å². The van der Waals surface area contributed by atoms with Crippen molar-refractivity contribution in [1.29, 1.82) is 0 Å². The van der Waals surface area contributed by atoms with Crippen LogP contribution in [-0.4, -0.2) is 53.3 Å². The SMILES string of the molecule is OC1(C#Cc2ccc(N3CCC3)nc2Cc2ccccc2)CN2CCC1CC2. The van der Waals surface area contributed by atoms with Crippen molar-refractivity contribution in [3.05, 3.63) is 59.3 Å². The maximum absolute atomic E-state index is 11.1. The lowest BCUT2D eigenvalue weighted by atomic mass is 9.75. The van der Waals surface area contributed by atoms with Crippen molar-refractivity contribution in [1.82, 2.24) is 9.88 Å². The Bertz CT molecular complexity index is 904. The summed E-state index contributed by atoms with van der Waals surface area (Å²) < 4.78 is 0. The van der Waals surface area contributed by atoms with Crippen LogP contribution in [0.5, 0.6) is 0 Å². The van der Waals surface area contributed by atoms with Gasteiger partial charge in [0.25, 0.3) is 0 Å². The summed E-state index contributed by atoms with van der Waals surface area (Å²) in [4.78, 5) is 9.61. The molecule has 6 rings (SSSR count). The maximum atomic E-state index is 11.1. The summed E-state index contributed by atoms with van der Waals surface area (Å²) >= 11 is 0. The monoisotopic (exact) mass is 373 g/mol. The standard InChI is InChI=1S/C24H27N3O/c28-24(18-26-15-10-21(24)11-16-26)12-9-20-7-8-23(27-13-4-14-27)25-22(20)17-19-5-2-1-3-6-19/h1-3,5-8,21,28H,4,10-11,13-18H2. The van der Waals surface area contributed by atoms with Crippen LogP contribution in [0.2, 0.25) is 0 Å². The van der Waals surface area contributed by atoms with E-state index in [0.717, 1.165) is 62.5 Å². The Morgan fingerprint density at radius 1 is 1.04 bits per heavy atom. The summed E-state index contributed by atoms with van der Waals surface area (Å²) in [6.45, 7) is 5.04. The van der Waals surface area contributed by atoms with Gasteiger partial charge in [-0.15, -0.1) is 0 Å². The molecule has 0 aliphatic carbocycles. The lowest BCUT2D eigenvalue weighted by molar-refractivity contribution is -0.0713. The average molecular weight is 374 g/mol. The zero-order valence-electron chi connectivity index (χ0n) is 16.3. The van der Waals surface area contributed by atoms with Gasteiger partial charge in [0.1, 0.15) is 11.4 Å². The van der Waals surface area contributed by atoms with Crippen LogP contribution in [-0.2, 0) is 6.42 Å². The van der Waals surface area contributed by atoms with Crippen LogP contribution in [0, 0.1) is 17.8 Å². The number of hydrogen-bond donors (Lipinski definition) is 1. The number of aromatic nitrogens is 1. The summed E-state index contributed by atoms with van der Waals surface area (Å²) in [5, 5.41) is 11.1. The summed E-state index contributed by atoms with van der Waals surface area (Å²) in [6, 6.07) is 14.6. The molecule has 28 heavy (non-hydrogen) atoms. The number of aliphatic hydroxyl groups is 1. The number of piperidine rings is 3. The van der Waals surface area contributed by atoms with Gasteiger partial charge in [0.15, 0.2) is 0 Å². The number of nitrogens with zero attached hydrogens (tertiary/aromatic N) is 3. The molecule has 1 atom stereocenters. The van der Waals surface area contributed by atoms with Gasteiger partial charge in [-0.3, -0.25) is 4.90 Å². The zero-order valence-corrected chi connectivity index (χ0v) is 16.3. The molecule has 144 valence electrons. The highest BCUT2D eigenvalue weighted by atomic mass is 16.3. The van der Waals surface area contributed by atoms with Crippen molar-refractivity contribution in [3.63, 3.8) is 0 Å². The molecule has 2 bridgehead atoms. The normalized spacial score (nSPS) is 28.4. The summed E-state index contributed by atoms with van der Waals surface area (Å²) in [7, 11) is 0. The van der Waals surface area contributed by atoms with E-state index in [-0.39, 0.29) is 0 Å². The Labute approximate surface area is 167 Å². The first-order valence-electron chi connectivity index (χ1n) is 10.5. The van der Waals surface area contributed by atoms with Crippen LogP contribution < -0.4 is 4.90 Å². The van der Waals surface area contributed by atoms with E-state index in [0.29, 0.717) is 12.5 Å². The third-order valence-corrected chi connectivity index (χ3v) is 6.50. The third-order valence-electron chi connectivity index (χ3n) is 6.50. The quantitative estimate of drug-likeness (QED) is 0.840. The number of benzene rings is 1. The van der Waals surface area contributed by atoms with Crippen molar-refractivity contribution in [2.24, 2.45) is 5.92 Å². The van der Waals surface area contributed by atoms with Crippen LogP contribution in [0.15, 0.2) is 42.5 Å². The van der Waals surface area contributed by atoms with Gasteiger partial charge in [0.05, 0.1) is 5.69 Å². The number of rotatable bonds is 3. The topological polar surface area (TPSA) is 39.6 Å². The van der Waals surface area contributed by atoms with Gasteiger partial charge >= 0.3 is 0 Å². The van der Waals surface area contributed by atoms with Crippen LogP contribution in [0.1, 0.15) is 36.1 Å². The van der Waals surface area contributed by atoms with Gasteiger partial charge in [-0.05, 0) is 50.0 Å². The number of hydrogen-bond acceptors (Lipinski definition) is 4. The molecule has 4 heteroatoms. The van der Waals surface area contributed by atoms with Crippen LogP contribution in [0.25, 0.3) is 0 Å². The lowest BCUT2D eigenvalue weighted by Crippen LogP contribution is -2.58. The van der Waals surface area contributed by atoms with Gasteiger partial charge in [-0.2, -0.15) is 0 Å². The minimum Gasteiger partial charge on any atom is -0.376 e. The second-order valence-corrected chi connectivity index (χ2v) is 8.39. The molecular weight excluding hydrogens is 346 g/mol. The smallest absolute Gasteiger partial charge is 0.141 e. The summed E-state index contributed by atoms with van der Waals surface area (Å²) in [6.07, 6.45) is 4.10. The largest absolute Gasteiger partial charge is 0.376 e. The molecule has 0 radical (unpaired) electrons. The van der Waals surface area contributed by atoms with E-state index in [2.05, 4.69) is 58.0 Å². The average Bonchev–Trinajstić information content (AvgIpc) is 2.68. The molecule has 1 aromatic carbocycles. The number of pyridine rings is 1. The molecule has 0 amide bonds. The fourth-order valence-corrected chi connectivity index (χ4v) is 4.60. The van der Waals surface area contributed by atoms with Crippen molar-refractivity contribution >= 4 is 5.82 Å². The number of fused-ring (bicyclic) bond motifs is 3. The second-order valence-electron chi connectivity index (χ2n) is 8.39. The molecular formula is C24H27N3O. The molecule has 4 fully saturated rings. The van der Waals surface area contributed by atoms with Gasteiger partial charge < -0.3 is 10.0 Å². The molecule has 2 aromatic rings. The van der Waals surface area contributed by atoms with E-state index in [1.54, 1.807) is 0 Å². The van der Waals surface area contributed by atoms with Gasteiger partial charge in [0.2, 0.25) is 0 Å². The van der Waals surface area contributed by atoms with Crippen LogP contribution in [0.3, 0.4) is 0 Å². The van der Waals surface area contributed by atoms with Crippen LogP contribution >= 0.6 is 0 Å². The first-order valence-corrected chi connectivity index (χ1v) is 10.5. The Morgan fingerprint density at radius 3 is 2.46 bits per heavy atom. The van der Waals surface area contributed by atoms with E-state index in [1.807, 2.05) is 6.07 Å². The molecule has 1 N–H and O–H groups in total. The Kier molecular flexibility index (Phi) is 4.58. The molecule has 1 aromatic heterocycles. The predicted molar refractivity (Wildman–Crippen MR) is 111 cm³/mol. The minimum atomic E-state index is -0.878.